The molecule has 20 heavy (non-hydrogen) atoms. The van der Waals surface area contributed by atoms with E-state index in [9.17, 15) is 10.1 Å². The topological polar surface area (TPSA) is 73.6 Å². The zero-order valence-electron chi connectivity index (χ0n) is 12.2. The van der Waals surface area contributed by atoms with Gasteiger partial charge < -0.3 is 14.8 Å². The van der Waals surface area contributed by atoms with Crippen molar-refractivity contribution in [2.24, 2.45) is 5.92 Å². The van der Waals surface area contributed by atoms with E-state index in [2.05, 4.69) is 19.2 Å². The van der Waals surface area contributed by atoms with Crippen LogP contribution in [0.25, 0.3) is 0 Å². The second-order valence-corrected chi connectivity index (χ2v) is 4.93. The highest BCUT2D eigenvalue weighted by Gasteiger charge is 2.15. The Hall–Kier alpha value is -1.66. The van der Waals surface area contributed by atoms with Crippen molar-refractivity contribution in [3.63, 3.8) is 0 Å². The lowest BCUT2D eigenvalue weighted by molar-refractivity contribution is -0.385. The summed E-state index contributed by atoms with van der Waals surface area (Å²) in [5.41, 5.74) is 0.942. The van der Waals surface area contributed by atoms with Crippen molar-refractivity contribution in [1.29, 1.82) is 0 Å². The number of hydrogen-bond acceptors (Lipinski definition) is 5. The minimum Gasteiger partial charge on any atom is -0.484 e. The van der Waals surface area contributed by atoms with Gasteiger partial charge in [-0.25, -0.2) is 0 Å². The average Bonchev–Trinajstić information content (AvgIpc) is 2.38. The normalized spacial score (nSPS) is 10.8. The van der Waals surface area contributed by atoms with Gasteiger partial charge in [0.1, 0.15) is 6.61 Å². The second kappa shape index (κ2) is 8.50. The molecule has 1 aromatic rings. The fourth-order valence-corrected chi connectivity index (χ4v) is 1.68. The van der Waals surface area contributed by atoms with Crippen LogP contribution in [0.1, 0.15) is 19.4 Å². The van der Waals surface area contributed by atoms with Crippen molar-refractivity contribution in [3.05, 3.63) is 33.9 Å². The molecule has 0 saturated heterocycles. The molecular weight excluding hydrogens is 260 g/mol. The van der Waals surface area contributed by atoms with Crippen LogP contribution < -0.4 is 10.1 Å². The summed E-state index contributed by atoms with van der Waals surface area (Å²) in [6.07, 6.45) is 0. The molecule has 0 fully saturated rings. The Morgan fingerprint density at radius 1 is 1.35 bits per heavy atom. The maximum atomic E-state index is 10.9. The number of rotatable bonds is 9. The summed E-state index contributed by atoms with van der Waals surface area (Å²) in [5.74, 6) is 0.848. The molecule has 0 aliphatic rings. The van der Waals surface area contributed by atoms with Crippen LogP contribution in [0.15, 0.2) is 18.2 Å². The third-order valence-corrected chi connectivity index (χ3v) is 2.65. The van der Waals surface area contributed by atoms with Crippen LogP contribution in [0.4, 0.5) is 5.69 Å². The molecule has 0 aliphatic carbocycles. The molecule has 0 heterocycles. The van der Waals surface area contributed by atoms with Gasteiger partial charge in [0.15, 0.2) is 5.75 Å². The van der Waals surface area contributed by atoms with Gasteiger partial charge in [0.25, 0.3) is 0 Å². The van der Waals surface area contributed by atoms with Crippen molar-refractivity contribution in [2.45, 2.75) is 20.4 Å². The molecular formula is C14H22N2O4. The van der Waals surface area contributed by atoms with Gasteiger partial charge in [-0.3, -0.25) is 10.1 Å². The number of hydrogen-bond donors (Lipinski definition) is 1. The van der Waals surface area contributed by atoms with Gasteiger partial charge in [0, 0.05) is 19.7 Å². The standard InChI is InChI=1S/C14H22N2O4/c1-11(2)9-15-10-12-4-5-13(16(17)18)14(8-12)20-7-6-19-3/h4-5,8,11,15H,6-7,9-10H2,1-3H3. The largest absolute Gasteiger partial charge is 0.484 e. The molecule has 0 amide bonds. The van der Waals surface area contributed by atoms with Gasteiger partial charge in [0.2, 0.25) is 0 Å². The molecule has 0 radical (unpaired) electrons. The van der Waals surface area contributed by atoms with Crippen LogP contribution in [0, 0.1) is 16.0 Å². The summed E-state index contributed by atoms with van der Waals surface area (Å²) < 4.78 is 10.3. The highest BCUT2D eigenvalue weighted by Crippen LogP contribution is 2.27. The van der Waals surface area contributed by atoms with E-state index in [4.69, 9.17) is 9.47 Å². The smallest absolute Gasteiger partial charge is 0.310 e. The lowest BCUT2D eigenvalue weighted by Crippen LogP contribution is -2.19. The number of nitrogens with zero attached hydrogens (tertiary/aromatic N) is 1. The summed E-state index contributed by atoms with van der Waals surface area (Å²) in [4.78, 5) is 10.5. The van der Waals surface area contributed by atoms with Crippen LogP contribution in [0.5, 0.6) is 5.75 Å². The first-order valence-electron chi connectivity index (χ1n) is 6.64. The number of nitro groups is 1. The highest BCUT2D eigenvalue weighted by molar-refractivity contribution is 5.48. The van der Waals surface area contributed by atoms with Crippen LogP contribution in [0.3, 0.4) is 0 Å². The lowest BCUT2D eigenvalue weighted by atomic mass is 10.1. The summed E-state index contributed by atoms with van der Waals surface area (Å²) in [6.45, 7) is 6.51. The molecule has 0 saturated carbocycles. The first kappa shape index (κ1) is 16.4. The molecule has 6 nitrogen and oxygen atoms in total. The summed E-state index contributed by atoms with van der Waals surface area (Å²) in [5, 5.41) is 14.2. The average molecular weight is 282 g/mol. The van der Waals surface area contributed by atoms with Gasteiger partial charge in [-0.15, -0.1) is 0 Å². The quantitative estimate of drug-likeness (QED) is 0.427. The van der Waals surface area contributed by atoms with E-state index in [1.54, 1.807) is 19.2 Å². The maximum absolute atomic E-state index is 10.9. The van der Waals surface area contributed by atoms with Gasteiger partial charge in [-0.1, -0.05) is 19.9 Å². The van der Waals surface area contributed by atoms with Crippen molar-refractivity contribution in [2.75, 3.05) is 26.9 Å². The monoisotopic (exact) mass is 282 g/mol. The fraction of sp³-hybridized carbons (Fsp3) is 0.571. The lowest BCUT2D eigenvalue weighted by Gasteiger charge is -2.10. The first-order chi connectivity index (χ1) is 9.54. The molecule has 6 heteroatoms. The molecule has 0 atom stereocenters. The maximum Gasteiger partial charge on any atom is 0.310 e. The summed E-state index contributed by atoms with van der Waals surface area (Å²) >= 11 is 0. The first-order valence-corrected chi connectivity index (χ1v) is 6.64. The number of nitro benzene ring substituents is 1. The molecule has 0 spiro atoms. The van der Waals surface area contributed by atoms with E-state index >= 15 is 0 Å². The molecule has 0 aromatic heterocycles. The molecule has 112 valence electrons. The number of methoxy groups -OCH3 is 1. The van der Waals surface area contributed by atoms with Gasteiger partial charge in [-0.05, 0) is 24.1 Å². The van der Waals surface area contributed by atoms with Crippen molar-refractivity contribution in [3.8, 4) is 5.75 Å². The Balaban J connectivity index is 2.73. The summed E-state index contributed by atoms with van der Waals surface area (Å²) in [6, 6.07) is 4.93. The van der Waals surface area contributed by atoms with E-state index in [1.807, 2.05) is 0 Å². The van der Waals surface area contributed by atoms with E-state index in [-0.39, 0.29) is 11.4 Å². The SMILES string of the molecule is COCCOc1cc(CNCC(C)C)ccc1[N+](=O)[O-]. The second-order valence-electron chi connectivity index (χ2n) is 4.93. The summed E-state index contributed by atoms with van der Waals surface area (Å²) in [7, 11) is 1.56. The Labute approximate surface area is 119 Å². The van der Waals surface area contributed by atoms with E-state index < -0.39 is 4.92 Å². The van der Waals surface area contributed by atoms with Gasteiger partial charge >= 0.3 is 5.69 Å². The van der Waals surface area contributed by atoms with E-state index in [1.165, 1.54) is 6.07 Å². The van der Waals surface area contributed by atoms with Gasteiger partial charge in [0.05, 0.1) is 11.5 Å². The van der Waals surface area contributed by atoms with E-state index in [0.717, 1.165) is 12.1 Å². The third-order valence-electron chi connectivity index (χ3n) is 2.65. The molecule has 0 aliphatic heterocycles. The predicted octanol–water partition coefficient (Wildman–Crippen LogP) is 2.37. The Bertz CT molecular complexity index is 435. The van der Waals surface area contributed by atoms with Gasteiger partial charge in [-0.2, -0.15) is 0 Å². The fourth-order valence-electron chi connectivity index (χ4n) is 1.68. The minimum absolute atomic E-state index is 0.0197. The Morgan fingerprint density at radius 3 is 2.70 bits per heavy atom. The van der Waals surface area contributed by atoms with Crippen molar-refractivity contribution < 1.29 is 14.4 Å². The zero-order valence-corrected chi connectivity index (χ0v) is 12.2. The number of nitrogens with one attached hydrogen (secondary N) is 1. The Morgan fingerprint density at radius 2 is 2.10 bits per heavy atom. The third kappa shape index (κ3) is 5.54. The molecule has 0 unspecified atom stereocenters. The van der Waals surface area contributed by atoms with Crippen LogP contribution in [-0.4, -0.2) is 31.8 Å². The number of benzene rings is 1. The van der Waals surface area contributed by atoms with Crippen LogP contribution >= 0.6 is 0 Å². The Kier molecular flexibility index (Phi) is 6.97. The molecule has 1 N–H and O–H groups in total. The number of ether oxygens (including phenoxy) is 2. The van der Waals surface area contributed by atoms with E-state index in [0.29, 0.717) is 25.7 Å². The highest BCUT2D eigenvalue weighted by atomic mass is 16.6. The zero-order chi connectivity index (χ0) is 15.0. The van der Waals surface area contributed by atoms with Crippen molar-refractivity contribution >= 4 is 5.69 Å². The van der Waals surface area contributed by atoms with Crippen LogP contribution in [-0.2, 0) is 11.3 Å². The molecule has 1 aromatic carbocycles. The molecule has 1 rings (SSSR count). The van der Waals surface area contributed by atoms with Crippen molar-refractivity contribution in [1.82, 2.24) is 5.32 Å². The molecule has 0 bridgehead atoms. The predicted molar refractivity (Wildman–Crippen MR) is 77.0 cm³/mol. The minimum atomic E-state index is -0.437. The van der Waals surface area contributed by atoms with Crippen LogP contribution in [0.2, 0.25) is 0 Å².